The van der Waals surface area contributed by atoms with Gasteiger partial charge in [-0.1, -0.05) is 6.92 Å². The van der Waals surface area contributed by atoms with Crippen molar-refractivity contribution in [2.24, 2.45) is 11.8 Å². The monoisotopic (exact) mass is 475 g/mol. The van der Waals surface area contributed by atoms with Gasteiger partial charge in [0.15, 0.2) is 5.58 Å². The molecule has 1 amide bonds. The number of nitrogens with zero attached hydrogens (tertiary/aromatic N) is 4. The van der Waals surface area contributed by atoms with Crippen molar-refractivity contribution in [2.75, 3.05) is 42.2 Å². The van der Waals surface area contributed by atoms with Crippen LogP contribution in [0.4, 0.5) is 17.3 Å². The molecule has 0 bridgehead atoms. The van der Waals surface area contributed by atoms with Crippen molar-refractivity contribution in [1.29, 1.82) is 0 Å². The molecule has 1 aromatic carbocycles. The van der Waals surface area contributed by atoms with E-state index in [1.165, 1.54) is 12.4 Å². The molecule has 35 heavy (non-hydrogen) atoms. The van der Waals surface area contributed by atoms with E-state index >= 15 is 0 Å². The number of aromatic nitrogens is 3. The Balaban J connectivity index is 1.40. The molecule has 0 radical (unpaired) electrons. The predicted molar refractivity (Wildman–Crippen MR) is 136 cm³/mol. The van der Waals surface area contributed by atoms with Gasteiger partial charge in [-0.3, -0.25) is 4.79 Å². The Bertz CT molecular complexity index is 1540. The molecular formula is C26H28N6O3. The second-order valence-corrected chi connectivity index (χ2v) is 9.37. The SMILES string of the molecule is [2H]C([2H])([2H])Nc1ncc(-c2nc3cc(N4CCO[C@@H](C)C4)ccc3o2)c2cc(NC(=O)[C@H]3C[C@H]3C)ncc12. The summed E-state index contributed by atoms with van der Waals surface area (Å²) in [6.07, 6.45) is 4.04. The zero-order valence-electron chi connectivity index (χ0n) is 22.5. The van der Waals surface area contributed by atoms with E-state index in [1.807, 2.05) is 25.1 Å². The normalized spacial score (nSPS) is 23.5. The summed E-state index contributed by atoms with van der Waals surface area (Å²) < 4.78 is 34.6. The van der Waals surface area contributed by atoms with Crippen LogP contribution in [0.1, 0.15) is 24.4 Å². The van der Waals surface area contributed by atoms with E-state index in [0.29, 0.717) is 51.7 Å². The molecule has 1 aliphatic carbocycles. The second-order valence-electron chi connectivity index (χ2n) is 9.37. The van der Waals surface area contributed by atoms with Crippen LogP contribution in [0.2, 0.25) is 0 Å². The smallest absolute Gasteiger partial charge is 0.229 e. The predicted octanol–water partition coefficient (Wildman–Crippen LogP) is 4.30. The highest BCUT2D eigenvalue weighted by molar-refractivity contribution is 6.03. The van der Waals surface area contributed by atoms with Gasteiger partial charge in [0.05, 0.1) is 18.3 Å². The molecule has 0 spiro atoms. The first kappa shape index (κ1) is 18.6. The number of morpholine rings is 1. The third-order valence-electron chi connectivity index (χ3n) is 6.80. The van der Waals surface area contributed by atoms with Crippen LogP contribution in [0.25, 0.3) is 33.3 Å². The van der Waals surface area contributed by atoms with E-state index in [1.54, 1.807) is 6.07 Å². The fraction of sp³-hybridized carbons (Fsp3) is 0.385. The van der Waals surface area contributed by atoms with Gasteiger partial charge in [0.1, 0.15) is 17.2 Å². The Morgan fingerprint density at radius 1 is 1.20 bits per heavy atom. The first-order valence-electron chi connectivity index (χ1n) is 13.3. The fourth-order valence-corrected chi connectivity index (χ4v) is 4.66. The van der Waals surface area contributed by atoms with Crippen LogP contribution in [0.15, 0.2) is 41.1 Å². The number of fused-ring (bicyclic) bond motifs is 2. The number of hydrogen-bond donors (Lipinski definition) is 2. The van der Waals surface area contributed by atoms with E-state index in [0.717, 1.165) is 25.2 Å². The number of anilines is 3. The average Bonchev–Trinajstić information content (AvgIpc) is 3.45. The van der Waals surface area contributed by atoms with Crippen molar-refractivity contribution < 1.29 is 18.1 Å². The molecule has 1 saturated carbocycles. The molecule has 0 unspecified atom stereocenters. The molecule has 4 heterocycles. The standard InChI is InChI=1S/C26H28N6O3/c1-14-8-17(14)25(33)31-23-10-18-19(11-28-23)24(27-3)29-12-20(18)26-30-21-9-16(4-5-22(21)35-26)32-6-7-34-15(2)13-32/h4-5,9-12,14-15,17H,6-8,13H2,1-3H3,(H,27,29)(H,28,31,33)/t14-,15+,17+/m1/s1/i3D3. The van der Waals surface area contributed by atoms with Crippen molar-refractivity contribution in [2.45, 2.75) is 26.4 Å². The Labute approximate surface area is 207 Å². The number of pyridine rings is 2. The number of ether oxygens (including phenoxy) is 1. The zero-order valence-corrected chi connectivity index (χ0v) is 19.5. The molecule has 3 atom stereocenters. The maximum Gasteiger partial charge on any atom is 0.229 e. The fourth-order valence-electron chi connectivity index (χ4n) is 4.66. The van der Waals surface area contributed by atoms with Gasteiger partial charge in [0, 0.05) is 58.9 Å². The van der Waals surface area contributed by atoms with Crippen molar-refractivity contribution >= 4 is 45.1 Å². The molecule has 1 saturated heterocycles. The van der Waals surface area contributed by atoms with Crippen molar-refractivity contribution in [3.05, 3.63) is 36.7 Å². The molecular weight excluding hydrogens is 444 g/mol. The van der Waals surface area contributed by atoms with Crippen molar-refractivity contribution in [1.82, 2.24) is 15.0 Å². The molecule has 3 aromatic heterocycles. The number of carbonyl (C=O) groups excluding carboxylic acids is 1. The lowest BCUT2D eigenvalue weighted by Crippen LogP contribution is -2.41. The van der Waals surface area contributed by atoms with Crippen LogP contribution in [0, 0.1) is 11.8 Å². The summed E-state index contributed by atoms with van der Waals surface area (Å²) >= 11 is 0. The minimum Gasteiger partial charge on any atom is -0.436 e. The molecule has 2 N–H and O–H groups in total. The summed E-state index contributed by atoms with van der Waals surface area (Å²) in [5.74, 6) is 1.13. The van der Waals surface area contributed by atoms with Crippen LogP contribution in [-0.2, 0) is 9.53 Å². The third kappa shape index (κ3) is 4.05. The Kier molecular flexibility index (Phi) is 4.51. The summed E-state index contributed by atoms with van der Waals surface area (Å²) in [4.78, 5) is 28.3. The third-order valence-corrected chi connectivity index (χ3v) is 6.80. The topological polar surface area (TPSA) is 105 Å². The number of carbonyl (C=O) groups is 1. The van der Waals surface area contributed by atoms with Crippen LogP contribution in [-0.4, -0.2) is 53.6 Å². The molecule has 6 rings (SSSR count). The minimum atomic E-state index is -2.44. The van der Waals surface area contributed by atoms with Gasteiger partial charge in [-0.2, -0.15) is 0 Å². The van der Waals surface area contributed by atoms with Crippen molar-refractivity contribution in [3.63, 3.8) is 0 Å². The van der Waals surface area contributed by atoms with Gasteiger partial charge >= 0.3 is 0 Å². The molecule has 9 nitrogen and oxygen atoms in total. The summed E-state index contributed by atoms with van der Waals surface area (Å²) in [5, 5.41) is 6.42. The number of nitrogens with one attached hydrogen (secondary N) is 2. The van der Waals surface area contributed by atoms with Gasteiger partial charge in [-0.25, -0.2) is 15.0 Å². The van der Waals surface area contributed by atoms with Gasteiger partial charge in [0.2, 0.25) is 11.8 Å². The molecule has 4 aromatic rings. The highest BCUT2D eigenvalue weighted by Gasteiger charge is 2.39. The van der Waals surface area contributed by atoms with E-state index in [4.69, 9.17) is 18.3 Å². The summed E-state index contributed by atoms with van der Waals surface area (Å²) in [6, 6.07) is 7.60. The van der Waals surface area contributed by atoms with Gasteiger partial charge in [0.25, 0.3) is 0 Å². The lowest BCUT2D eigenvalue weighted by Gasteiger charge is -2.32. The quantitative estimate of drug-likeness (QED) is 0.440. The summed E-state index contributed by atoms with van der Waals surface area (Å²) in [6.45, 7) is 3.91. The molecule has 180 valence electrons. The molecule has 2 aliphatic rings. The lowest BCUT2D eigenvalue weighted by atomic mass is 10.1. The zero-order chi connectivity index (χ0) is 26.6. The minimum absolute atomic E-state index is 0.0158. The number of benzene rings is 1. The molecule has 9 heteroatoms. The maximum absolute atomic E-state index is 12.5. The van der Waals surface area contributed by atoms with Gasteiger partial charge in [-0.15, -0.1) is 0 Å². The number of rotatable bonds is 5. The molecule has 1 aliphatic heterocycles. The average molecular weight is 476 g/mol. The number of amides is 1. The Hall–Kier alpha value is -3.72. The van der Waals surface area contributed by atoms with Gasteiger partial charge < -0.3 is 24.7 Å². The van der Waals surface area contributed by atoms with E-state index < -0.39 is 6.98 Å². The van der Waals surface area contributed by atoms with Crippen LogP contribution in [0.5, 0.6) is 0 Å². The van der Waals surface area contributed by atoms with Crippen LogP contribution < -0.4 is 15.5 Å². The molecule has 2 fully saturated rings. The van der Waals surface area contributed by atoms with Gasteiger partial charge in [-0.05, 0) is 43.5 Å². The first-order valence-corrected chi connectivity index (χ1v) is 11.8. The summed E-state index contributed by atoms with van der Waals surface area (Å²) in [5.41, 5.74) is 2.91. The van der Waals surface area contributed by atoms with E-state index in [-0.39, 0.29) is 23.7 Å². The van der Waals surface area contributed by atoms with E-state index in [2.05, 4.69) is 32.4 Å². The number of hydrogen-bond acceptors (Lipinski definition) is 8. The largest absolute Gasteiger partial charge is 0.436 e. The summed E-state index contributed by atoms with van der Waals surface area (Å²) in [7, 11) is 0. The Morgan fingerprint density at radius 2 is 2.09 bits per heavy atom. The maximum atomic E-state index is 12.5. The van der Waals surface area contributed by atoms with Crippen LogP contribution >= 0.6 is 0 Å². The van der Waals surface area contributed by atoms with E-state index in [9.17, 15) is 4.79 Å². The highest BCUT2D eigenvalue weighted by Crippen LogP contribution is 2.39. The Morgan fingerprint density at radius 3 is 2.89 bits per heavy atom. The second kappa shape index (κ2) is 8.49. The lowest BCUT2D eigenvalue weighted by molar-refractivity contribution is -0.117. The first-order chi connectivity index (χ1) is 18.1. The highest BCUT2D eigenvalue weighted by atomic mass is 16.5. The number of oxazole rings is 1. The van der Waals surface area contributed by atoms with Crippen molar-refractivity contribution in [3.8, 4) is 11.5 Å². The van der Waals surface area contributed by atoms with Crippen LogP contribution in [0.3, 0.4) is 0 Å².